The van der Waals surface area contributed by atoms with Crippen molar-refractivity contribution < 1.29 is 44.1 Å². The van der Waals surface area contributed by atoms with E-state index in [2.05, 4.69) is 14.0 Å². The molecule has 13 heteroatoms. The molecule has 0 aliphatic heterocycles. The number of hydrogen-bond acceptors (Lipinski definition) is 6. The predicted octanol–water partition coefficient (Wildman–Crippen LogP) is 2.56. The van der Waals surface area contributed by atoms with Crippen LogP contribution in [0, 0.1) is 11.6 Å². The lowest BCUT2D eigenvalue weighted by molar-refractivity contribution is -0.0502. The summed E-state index contributed by atoms with van der Waals surface area (Å²) in [6.07, 6.45) is 0. The molecule has 1 aromatic carbocycles. The molecular formula is C13H9F5N2O5S. The van der Waals surface area contributed by atoms with Crippen molar-refractivity contribution in [2.75, 3.05) is 6.61 Å². The fraction of sp³-hybridized carbons (Fsp3) is 0.231. The summed E-state index contributed by atoms with van der Waals surface area (Å²) in [6, 6.07) is 3.07. The molecule has 0 fully saturated rings. The fourth-order valence-corrected chi connectivity index (χ4v) is 2.15. The third-order valence-electron chi connectivity index (χ3n) is 2.80. The SMILES string of the molecule is CCOC(=O)c1cc(OS(=O)(=O)C(F)(F)F)n(-c2cccc(F)c2F)n1. The van der Waals surface area contributed by atoms with E-state index in [-0.39, 0.29) is 11.3 Å². The first-order valence-electron chi connectivity index (χ1n) is 6.70. The highest BCUT2D eigenvalue weighted by Gasteiger charge is 2.49. The summed E-state index contributed by atoms with van der Waals surface area (Å²) in [4.78, 5) is 11.7. The van der Waals surface area contributed by atoms with Crippen LogP contribution in [0.5, 0.6) is 5.88 Å². The van der Waals surface area contributed by atoms with Gasteiger partial charge in [0.05, 0.1) is 6.61 Å². The van der Waals surface area contributed by atoms with Gasteiger partial charge in [0.25, 0.3) is 0 Å². The lowest BCUT2D eigenvalue weighted by Gasteiger charge is -2.11. The van der Waals surface area contributed by atoms with Gasteiger partial charge in [0.15, 0.2) is 17.3 Å². The lowest BCUT2D eigenvalue weighted by Crippen LogP contribution is -2.28. The third kappa shape index (κ3) is 3.76. The minimum atomic E-state index is -6.16. The third-order valence-corrected chi connectivity index (χ3v) is 3.76. The highest BCUT2D eigenvalue weighted by atomic mass is 32.2. The maximum Gasteiger partial charge on any atom is 0.534 e. The van der Waals surface area contributed by atoms with Gasteiger partial charge in [-0.25, -0.2) is 13.6 Å². The van der Waals surface area contributed by atoms with Gasteiger partial charge < -0.3 is 8.92 Å². The van der Waals surface area contributed by atoms with Crippen LogP contribution >= 0.6 is 0 Å². The number of rotatable bonds is 5. The van der Waals surface area contributed by atoms with Gasteiger partial charge in [0.2, 0.25) is 5.88 Å². The normalized spacial score (nSPS) is 12.1. The molecule has 1 aromatic heterocycles. The van der Waals surface area contributed by atoms with Crippen molar-refractivity contribution in [2.24, 2.45) is 0 Å². The molecule has 0 aliphatic carbocycles. The van der Waals surface area contributed by atoms with Crippen LogP contribution in [0.4, 0.5) is 22.0 Å². The van der Waals surface area contributed by atoms with E-state index < -0.39 is 50.5 Å². The van der Waals surface area contributed by atoms with E-state index in [9.17, 15) is 35.2 Å². The van der Waals surface area contributed by atoms with Crippen LogP contribution in [0.15, 0.2) is 24.3 Å². The monoisotopic (exact) mass is 400 g/mol. The molecule has 1 heterocycles. The molecule has 0 radical (unpaired) electrons. The summed E-state index contributed by atoms with van der Waals surface area (Å²) in [5.41, 5.74) is -7.26. The second kappa shape index (κ2) is 6.90. The Morgan fingerprint density at radius 1 is 1.27 bits per heavy atom. The lowest BCUT2D eigenvalue weighted by atomic mass is 10.3. The van der Waals surface area contributed by atoms with Gasteiger partial charge in [-0.05, 0) is 19.1 Å². The number of aromatic nitrogens is 2. The second-order valence-electron chi connectivity index (χ2n) is 4.56. The standard InChI is InChI=1S/C13H9F5N2O5S/c1-2-24-12(21)8-6-10(25-26(22,23)13(16,17)18)20(19-8)9-5-3-4-7(14)11(9)15/h3-6H,2H2,1H3. The maximum atomic E-state index is 13.9. The molecule has 0 aliphatic rings. The Morgan fingerprint density at radius 2 is 1.92 bits per heavy atom. The molecule has 26 heavy (non-hydrogen) atoms. The molecular weight excluding hydrogens is 391 g/mol. The summed E-state index contributed by atoms with van der Waals surface area (Å²) in [5.74, 6) is -5.27. The number of ether oxygens (including phenoxy) is 1. The quantitative estimate of drug-likeness (QED) is 0.332. The number of halogens is 5. The molecule has 2 rings (SSSR count). The number of carbonyl (C=O) groups excluding carboxylic acids is 1. The van der Waals surface area contributed by atoms with E-state index in [1.807, 2.05) is 0 Å². The van der Waals surface area contributed by atoms with Crippen molar-refractivity contribution in [3.63, 3.8) is 0 Å². The number of nitrogens with zero attached hydrogens (tertiary/aromatic N) is 2. The average molecular weight is 400 g/mol. The van der Waals surface area contributed by atoms with E-state index in [1.54, 1.807) is 0 Å². The molecule has 7 nitrogen and oxygen atoms in total. The Hall–Kier alpha value is -2.70. The number of carbonyl (C=O) groups is 1. The Morgan fingerprint density at radius 3 is 2.50 bits per heavy atom. The minimum absolute atomic E-state index is 0.128. The van der Waals surface area contributed by atoms with E-state index in [4.69, 9.17) is 0 Å². The first-order chi connectivity index (χ1) is 12.0. The molecule has 0 saturated carbocycles. The summed E-state index contributed by atoms with van der Waals surface area (Å²) in [5, 5.41) is 3.45. The predicted molar refractivity (Wildman–Crippen MR) is 75.0 cm³/mol. The van der Waals surface area contributed by atoms with Crippen LogP contribution in [-0.2, 0) is 14.9 Å². The Kier molecular flexibility index (Phi) is 5.21. The highest BCUT2D eigenvalue weighted by molar-refractivity contribution is 7.87. The van der Waals surface area contributed by atoms with Crippen molar-refractivity contribution in [1.29, 1.82) is 0 Å². The van der Waals surface area contributed by atoms with E-state index in [0.717, 1.165) is 12.1 Å². The van der Waals surface area contributed by atoms with Crippen molar-refractivity contribution in [3.8, 4) is 11.6 Å². The van der Waals surface area contributed by atoms with Gasteiger partial charge in [-0.1, -0.05) is 6.07 Å². The van der Waals surface area contributed by atoms with E-state index >= 15 is 0 Å². The van der Waals surface area contributed by atoms with Crippen LogP contribution in [0.2, 0.25) is 0 Å². The zero-order chi connectivity index (χ0) is 19.7. The Labute approximate surface area is 143 Å². The molecule has 142 valence electrons. The molecule has 0 saturated heterocycles. The van der Waals surface area contributed by atoms with Crippen LogP contribution < -0.4 is 4.18 Å². The Bertz CT molecular complexity index is 939. The summed E-state index contributed by atoms with van der Waals surface area (Å²) >= 11 is 0. The second-order valence-corrected chi connectivity index (χ2v) is 6.09. The van der Waals surface area contributed by atoms with Crippen molar-refractivity contribution in [3.05, 3.63) is 41.6 Å². The molecule has 0 amide bonds. The number of alkyl halides is 3. The number of benzene rings is 1. The average Bonchev–Trinajstić information content (AvgIpc) is 2.92. The molecule has 0 unspecified atom stereocenters. The minimum Gasteiger partial charge on any atom is -0.461 e. The summed E-state index contributed by atoms with van der Waals surface area (Å²) in [7, 11) is -6.16. The van der Waals surface area contributed by atoms with Crippen molar-refractivity contribution >= 4 is 16.1 Å². The molecule has 0 atom stereocenters. The number of esters is 1. The highest BCUT2D eigenvalue weighted by Crippen LogP contribution is 2.30. The largest absolute Gasteiger partial charge is 0.534 e. The van der Waals surface area contributed by atoms with Crippen LogP contribution in [0.3, 0.4) is 0 Å². The smallest absolute Gasteiger partial charge is 0.461 e. The van der Waals surface area contributed by atoms with Crippen molar-refractivity contribution in [1.82, 2.24) is 9.78 Å². The maximum absolute atomic E-state index is 13.9. The van der Waals surface area contributed by atoms with Gasteiger partial charge in [0, 0.05) is 6.07 Å². The van der Waals surface area contributed by atoms with Gasteiger partial charge >= 0.3 is 21.6 Å². The van der Waals surface area contributed by atoms with Gasteiger partial charge in [-0.3, -0.25) is 0 Å². The zero-order valence-corrected chi connectivity index (χ0v) is 13.6. The summed E-state index contributed by atoms with van der Waals surface area (Å²) < 4.78 is 95.9. The summed E-state index contributed by atoms with van der Waals surface area (Å²) in [6.45, 7) is 1.30. The molecule has 0 bridgehead atoms. The van der Waals surface area contributed by atoms with E-state index in [0.29, 0.717) is 12.1 Å². The first kappa shape index (κ1) is 19.6. The molecule has 0 N–H and O–H groups in total. The van der Waals surface area contributed by atoms with Crippen molar-refractivity contribution in [2.45, 2.75) is 12.4 Å². The molecule has 2 aromatic rings. The number of hydrogen-bond donors (Lipinski definition) is 0. The van der Waals surface area contributed by atoms with Crippen LogP contribution in [0.1, 0.15) is 17.4 Å². The van der Waals surface area contributed by atoms with Gasteiger partial charge in [0.1, 0.15) is 5.69 Å². The fourth-order valence-electron chi connectivity index (χ4n) is 1.72. The van der Waals surface area contributed by atoms with Gasteiger partial charge in [-0.15, -0.1) is 0 Å². The van der Waals surface area contributed by atoms with Crippen LogP contribution in [0.25, 0.3) is 5.69 Å². The van der Waals surface area contributed by atoms with Gasteiger partial charge in [-0.2, -0.15) is 31.4 Å². The van der Waals surface area contributed by atoms with E-state index in [1.165, 1.54) is 6.92 Å². The van der Waals surface area contributed by atoms with Crippen LogP contribution in [-0.4, -0.2) is 36.3 Å². The first-order valence-corrected chi connectivity index (χ1v) is 8.11. The Balaban J connectivity index is 2.62. The topological polar surface area (TPSA) is 87.5 Å². The zero-order valence-electron chi connectivity index (χ0n) is 12.8. The molecule has 0 spiro atoms.